The fraction of sp³-hybridized carbons (Fsp3) is 0.692. The van der Waals surface area contributed by atoms with E-state index in [-0.39, 0.29) is 31.1 Å². The van der Waals surface area contributed by atoms with Crippen molar-refractivity contribution in [2.24, 2.45) is 0 Å². The molecule has 0 aromatic heterocycles. The Bertz CT molecular complexity index is 817. The molecule has 8 heteroatoms. The second-order valence-electron chi connectivity index (χ2n) is 10.6. The molecule has 0 bridgehead atoms. The van der Waals surface area contributed by atoms with Gasteiger partial charge in [-0.2, -0.15) is 0 Å². The predicted molar refractivity (Wildman–Crippen MR) is 131 cm³/mol. The zero-order chi connectivity index (χ0) is 25.6. The summed E-state index contributed by atoms with van der Waals surface area (Å²) in [5, 5.41) is 13.6. The molecule has 0 unspecified atom stereocenters. The Hall–Kier alpha value is -2.32. The van der Waals surface area contributed by atoms with Gasteiger partial charge in [0.05, 0.1) is 12.1 Å². The molecule has 2 N–H and O–H groups in total. The van der Waals surface area contributed by atoms with Crippen molar-refractivity contribution in [3.63, 3.8) is 0 Å². The van der Waals surface area contributed by atoms with Gasteiger partial charge in [0.25, 0.3) is 5.91 Å². The largest absolute Gasteiger partial charge is 0.467 e. The normalized spacial score (nSPS) is 19.2. The fourth-order valence-corrected chi connectivity index (χ4v) is 3.98. The molecule has 8 nitrogen and oxygen atoms in total. The average molecular weight is 479 g/mol. The Morgan fingerprint density at radius 1 is 1.15 bits per heavy atom. The quantitative estimate of drug-likeness (QED) is 0.564. The van der Waals surface area contributed by atoms with E-state index in [1.54, 1.807) is 12.0 Å². The summed E-state index contributed by atoms with van der Waals surface area (Å²) in [6, 6.07) is 3.08. The van der Waals surface area contributed by atoms with Gasteiger partial charge in [-0.25, -0.2) is 4.79 Å². The predicted octanol–water partition coefficient (Wildman–Crippen LogP) is 4.41. The van der Waals surface area contributed by atoms with E-state index in [4.69, 9.17) is 14.2 Å². The van der Waals surface area contributed by atoms with Crippen molar-refractivity contribution in [1.82, 2.24) is 10.2 Å². The monoisotopic (exact) mass is 478 g/mol. The van der Waals surface area contributed by atoms with Crippen LogP contribution < -0.4 is 10.1 Å². The lowest BCUT2D eigenvalue weighted by atomic mass is 9.91. The number of benzene rings is 1. The summed E-state index contributed by atoms with van der Waals surface area (Å²) in [6.45, 7) is 14.4. The second-order valence-corrected chi connectivity index (χ2v) is 10.6. The molecule has 1 aliphatic heterocycles. The molecule has 1 aromatic carbocycles. The van der Waals surface area contributed by atoms with Crippen molar-refractivity contribution >= 4 is 12.0 Å². The van der Waals surface area contributed by atoms with Gasteiger partial charge in [-0.15, -0.1) is 0 Å². The van der Waals surface area contributed by atoms with Gasteiger partial charge in [-0.05, 0) is 68.7 Å². The Labute approximate surface area is 203 Å². The van der Waals surface area contributed by atoms with Crippen LogP contribution in [0.1, 0.15) is 94.6 Å². The number of nitrogens with zero attached hydrogens (tertiary/aromatic N) is 1. The SMILES string of the molecule is COCOc1c(C(C)C)cc(C(=O)N[C@@H]2CN(C(=O)OC(C)(C)C)CCC[C@H]2O)cc1C(C)C. The van der Waals surface area contributed by atoms with Gasteiger partial charge in [0.2, 0.25) is 0 Å². The molecule has 1 aliphatic rings. The lowest BCUT2D eigenvalue weighted by Crippen LogP contribution is -2.50. The van der Waals surface area contributed by atoms with Crippen LogP contribution in [0.2, 0.25) is 0 Å². The molecule has 2 atom stereocenters. The molecule has 34 heavy (non-hydrogen) atoms. The molecule has 1 saturated heterocycles. The van der Waals surface area contributed by atoms with E-state index >= 15 is 0 Å². The van der Waals surface area contributed by atoms with Crippen LogP contribution >= 0.6 is 0 Å². The third-order valence-corrected chi connectivity index (χ3v) is 5.75. The van der Waals surface area contributed by atoms with E-state index in [0.717, 1.165) is 16.9 Å². The van der Waals surface area contributed by atoms with Gasteiger partial charge in [-0.1, -0.05) is 27.7 Å². The van der Waals surface area contributed by atoms with Crippen LogP contribution in [-0.2, 0) is 9.47 Å². The number of aliphatic hydroxyl groups excluding tert-OH is 1. The highest BCUT2D eigenvalue weighted by Gasteiger charge is 2.32. The molecule has 0 spiro atoms. The molecule has 1 heterocycles. The first kappa shape index (κ1) is 27.9. The van der Waals surface area contributed by atoms with E-state index in [9.17, 15) is 14.7 Å². The number of carbonyl (C=O) groups excluding carboxylic acids is 2. The Kier molecular flexibility index (Phi) is 9.76. The maximum atomic E-state index is 13.3. The minimum Gasteiger partial charge on any atom is -0.467 e. The number of amides is 2. The lowest BCUT2D eigenvalue weighted by molar-refractivity contribution is 0.0223. The second kappa shape index (κ2) is 11.9. The molecule has 1 aromatic rings. The van der Waals surface area contributed by atoms with Crippen molar-refractivity contribution in [3.8, 4) is 5.75 Å². The number of hydrogen-bond acceptors (Lipinski definition) is 6. The third kappa shape index (κ3) is 7.60. The van der Waals surface area contributed by atoms with Gasteiger partial charge >= 0.3 is 6.09 Å². The highest BCUT2D eigenvalue weighted by atomic mass is 16.7. The minimum absolute atomic E-state index is 0.125. The maximum absolute atomic E-state index is 13.3. The first-order valence-corrected chi connectivity index (χ1v) is 12.1. The van der Waals surface area contributed by atoms with Crippen LogP contribution in [-0.4, -0.2) is 66.7 Å². The number of nitrogens with one attached hydrogen (secondary N) is 1. The van der Waals surface area contributed by atoms with E-state index in [0.29, 0.717) is 24.9 Å². The first-order chi connectivity index (χ1) is 15.8. The van der Waals surface area contributed by atoms with E-state index in [1.165, 1.54) is 0 Å². The smallest absolute Gasteiger partial charge is 0.410 e. The Morgan fingerprint density at radius 3 is 2.24 bits per heavy atom. The average Bonchev–Trinajstić information content (AvgIpc) is 2.91. The molecule has 0 radical (unpaired) electrons. The molecule has 2 amide bonds. The maximum Gasteiger partial charge on any atom is 0.410 e. The summed E-state index contributed by atoms with van der Waals surface area (Å²) >= 11 is 0. The number of aliphatic hydroxyl groups is 1. The number of ether oxygens (including phenoxy) is 3. The molecule has 192 valence electrons. The van der Waals surface area contributed by atoms with Crippen molar-refractivity contribution in [3.05, 3.63) is 28.8 Å². The number of rotatable bonds is 7. The van der Waals surface area contributed by atoms with Crippen molar-refractivity contribution in [2.75, 3.05) is 27.0 Å². The number of carbonyl (C=O) groups is 2. The Balaban J connectivity index is 2.30. The molecule has 1 fully saturated rings. The molecular weight excluding hydrogens is 436 g/mol. The summed E-state index contributed by atoms with van der Waals surface area (Å²) in [4.78, 5) is 27.5. The van der Waals surface area contributed by atoms with Crippen LogP contribution in [0, 0.1) is 0 Å². The fourth-order valence-electron chi connectivity index (χ4n) is 3.98. The Morgan fingerprint density at radius 2 is 1.74 bits per heavy atom. The summed E-state index contributed by atoms with van der Waals surface area (Å²) in [7, 11) is 1.57. The summed E-state index contributed by atoms with van der Waals surface area (Å²) in [6.07, 6.45) is -0.0740. The highest BCUT2D eigenvalue weighted by Crippen LogP contribution is 2.36. The highest BCUT2D eigenvalue weighted by molar-refractivity contribution is 5.95. The van der Waals surface area contributed by atoms with Gasteiger partial charge in [0, 0.05) is 25.8 Å². The summed E-state index contributed by atoms with van der Waals surface area (Å²) in [5.74, 6) is 0.706. The number of methoxy groups -OCH3 is 1. The summed E-state index contributed by atoms with van der Waals surface area (Å²) < 4.78 is 16.5. The zero-order valence-electron chi connectivity index (χ0n) is 21.9. The van der Waals surface area contributed by atoms with Gasteiger partial charge in [0.1, 0.15) is 11.4 Å². The van der Waals surface area contributed by atoms with E-state index in [1.807, 2.05) is 32.9 Å². The number of likely N-dealkylation sites (tertiary alicyclic amines) is 1. The standard InChI is InChI=1S/C26H42N2O6/c1-16(2)19-12-18(13-20(17(3)4)23(19)33-15-32-8)24(30)27-21-14-28(11-9-10-22(21)29)25(31)34-26(5,6)7/h12-13,16-17,21-22,29H,9-11,14-15H2,1-8H3,(H,27,30)/t21-,22-/m1/s1. The van der Waals surface area contributed by atoms with Crippen LogP contribution in [0.4, 0.5) is 4.79 Å². The van der Waals surface area contributed by atoms with Gasteiger partial charge < -0.3 is 29.5 Å². The van der Waals surface area contributed by atoms with Crippen molar-refractivity contribution in [2.45, 2.75) is 90.9 Å². The molecule has 0 saturated carbocycles. The first-order valence-electron chi connectivity index (χ1n) is 12.1. The minimum atomic E-state index is -0.755. The molecule has 0 aliphatic carbocycles. The van der Waals surface area contributed by atoms with Crippen LogP contribution in [0.25, 0.3) is 0 Å². The van der Waals surface area contributed by atoms with Crippen molar-refractivity contribution in [1.29, 1.82) is 0 Å². The van der Waals surface area contributed by atoms with Crippen molar-refractivity contribution < 1.29 is 28.9 Å². The van der Waals surface area contributed by atoms with Crippen LogP contribution in [0.3, 0.4) is 0 Å². The summed E-state index contributed by atoms with van der Waals surface area (Å²) in [5.41, 5.74) is 1.72. The molecule has 2 rings (SSSR count). The van der Waals surface area contributed by atoms with Gasteiger partial charge in [-0.3, -0.25) is 4.79 Å². The lowest BCUT2D eigenvalue weighted by Gasteiger charge is -2.29. The van der Waals surface area contributed by atoms with Crippen LogP contribution in [0.5, 0.6) is 5.75 Å². The number of hydrogen-bond donors (Lipinski definition) is 2. The van der Waals surface area contributed by atoms with Gasteiger partial charge in [0.15, 0.2) is 6.79 Å². The van der Waals surface area contributed by atoms with E-state index < -0.39 is 23.8 Å². The van der Waals surface area contributed by atoms with Crippen LogP contribution in [0.15, 0.2) is 12.1 Å². The third-order valence-electron chi connectivity index (χ3n) is 5.75. The van der Waals surface area contributed by atoms with E-state index in [2.05, 4.69) is 33.0 Å². The zero-order valence-corrected chi connectivity index (χ0v) is 21.9. The molecular formula is C26H42N2O6. The topological polar surface area (TPSA) is 97.3 Å².